The highest BCUT2D eigenvalue weighted by Gasteiger charge is 2.17. The number of nitrogens with zero attached hydrogens (tertiary/aromatic N) is 6. The fraction of sp³-hybridized carbons (Fsp3) is 0.273. The Kier molecular flexibility index (Phi) is 6.03. The summed E-state index contributed by atoms with van der Waals surface area (Å²) in [5, 5.41) is 12.0. The fourth-order valence-corrected chi connectivity index (χ4v) is 3.98. The number of hydrogen-bond acceptors (Lipinski definition) is 5. The van der Waals surface area contributed by atoms with Crippen LogP contribution in [0.2, 0.25) is 0 Å². The lowest BCUT2D eigenvalue weighted by atomic mass is 10.2. The largest absolute Gasteiger partial charge is 0.372 e. The van der Waals surface area contributed by atoms with E-state index in [1.807, 2.05) is 48.1 Å². The molecule has 3 aromatic heterocycles. The first-order chi connectivity index (χ1) is 15.0. The van der Waals surface area contributed by atoms with E-state index in [2.05, 4.69) is 55.2 Å². The average molecular weight is 482 g/mol. The number of fused-ring (bicyclic) bond motifs is 1. The van der Waals surface area contributed by atoms with Crippen LogP contribution in [0, 0.1) is 0 Å². The van der Waals surface area contributed by atoms with E-state index in [9.17, 15) is 4.79 Å². The molecule has 0 unspecified atom stereocenters. The lowest BCUT2D eigenvalue weighted by Crippen LogP contribution is -2.21. The third-order valence-electron chi connectivity index (χ3n) is 5.13. The lowest BCUT2D eigenvalue weighted by molar-refractivity contribution is 0.102. The van der Waals surface area contributed by atoms with Crippen molar-refractivity contribution in [3.05, 3.63) is 59.0 Å². The van der Waals surface area contributed by atoms with Gasteiger partial charge in [-0.1, -0.05) is 0 Å². The molecule has 1 amide bonds. The van der Waals surface area contributed by atoms with E-state index in [0.29, 0.717) is 11.3 Å². The Bertz CT molecular complexity index is 1210. The van der Waals surface area contributed by atoms with Crippen molar-refractivity contribution in [3.8, 4) is 11.4 Å². The van der Waals surface area contributed by atoms with Gasteiger partial charge in [-0.2, -0.15) is 10.2 Å². The molecule has 0 atom stereocenters. The quantitative estimate of drug-likeness (QED) is 0.421. The van der Waals surface area contributed by atoms with Crippen LogP contribution in [-0.2, 0) is 6.54 Å². The van der Waals surface area contributed by atoms with E-state index < -0.39 is 0 Å². The van der Waals surface area contributed by atoms with E-state index in [-0.39, 0.29) is 5.91 Å². The maximum absolute atomic E-state index is 12.8. The lowest BCUT2D eigenvalue weighted by Gasteiger charge is -2.21. The predicted molar refractivity (Wildman–Crippen MR) is 126 cm³/mol. The van der Waals surface area contributed by atoms with Crippen molar-refractivity contribution in [3.63, 3.8) is 0 Å². The van der Waals surface area contributed by atoms with Crippen molar-refractivity contribution in [2.75, 3.05) is 23.3 Å². The second kappa shape index (κ2) is 8.89. The first kappa shape index (κ1) is 21.0. The monoisotopic (exact) mass is 481 g/mol. The van der Waals surface area contributed by atoms with Crippen LogP contribution in [0.15, 0.2) is 53.3 Å². The van der Waals surface area contributed by atoms with Gasteiger partial charge < -0.3 is 10.2 Å². The van der Waals surface area contributed by atoms with Gasteiger partial charge >= 0.3 is 0 Å². The van der Waals surface area contributed by atoms with Gasteiger partial charge in [-0.15, -0.1) is 0 Å². The van der Waals surface area contributed by atoms with Crippen LogP contribution in [0.5, 0.6) is 0 Å². The maximum Gasteiger partial charge on any atom is 0.276 e. The number of aromatic nitrogens is 5. The number of nitrogens with one attached hydrogen (secondary N) is 1. The number of carbonyl (C=O) groups is 1. The molecule has 4 aromatic rings. The number of hydrogen-bond donors (Lipinski definition) is 1. The fourth-order valence-electron chi connectivity index (χ4n) is 3.46. The highest BCUT2D eigenvalue weighted by molar-refractivity contribution is 9.10. The predicted octanol–water partition coefficient (Wildman–Crippen LogP) is 4.47. The molecule has 8 nitrogen and oxygen atoms in total. The minimum atomic E-state index is -0.287. The number of anilines is 2. The van der Waals surface area contributed by atoms with Crippen LogP contribution in [0.3, 0.4) is 0 Å². The number of benzene rings is 1. The molecule has 0 aliphatic rings. The molecule has 9 heteroatoms. The first-order valence-electron chi connectivity index (χ1n) is 10.3. The molecule has 3 heterocycles. The van der Waals surface area contributed by atoms with Crippen molar-refractivity contribution in [2.24, 2.45) is 0 Å². The van der Waals surface area contributed by atoms with Crippen molar-refractivity contribution in [1.82, 2.24) is 24.4 Å². The van der Waals surface area contributed by atoms with E-state index in [1.165, 1.54) is 0 Å². The summed E-state index contributed by atoms with van der Waals surface area (Å²) in [4.78, 5) is 19.4. The van der Waals surface area contributed by atoms with E-state index in [4.69, 9.17) is 0 Å². The van der Waals surface area contributed by atoms with Gasteiger partial charge in [0.15, 0.2) is 11.3 Å². The molecule has 0 bridgehead atoms. The molecule has 0 aliphatic heterocycles. The zero-order valence-electron chi connectivity index (χ0n) is 17.7. The van der Waals surface area contributed by atoms with Crippen LogP contribution >= 0.6 is 15.9 Å². The second-order valence-electron chi connectivity index (χ2n) is 6.98. The van der Waals surface area contributed by atoms with Crippen molar-refractivity contribution in [2.45, 2.75) is 27.3 Å². The molecule has 4 rings (SSSR count). The van der Waals surface area contributed by atoms with Gasteiger partial charge in [-0.3, -0.25) is 9.48 Å². The van der Waals surface area contributed by atoms with Gasteiger partial charge in [0.2, 0.25) is 0 Å². The zero-order chi connectivity index (χ0) is 22.0. The zero-order valence-corrected chi connectivity index (χ0v) is 19.3. The molecule has 0 radical (unpaired) electrons. The van der Waals surface area contributed by atoms with Gasteiger partial charge in [0.1, 0.15) is 5.69 Å². The molecular weight excluding hydrogens is 458 g/mol. The summed E-state index contributed by atoms with van der Waals surface area (Å²) < 4.78 is 4.34. The van der Waals surface area contributed by atoms with Gasteiger partial charge in [0.05, 0.1) is 10.2 Å². The summed E-state index contributed by atoms with van der Waals surface area (Å²) in [5.41, 5.74) is 4.22. The average Bonchev–Trinajstić information content (AvgIpc) is 3.39. The summed E-state index contributed by atoms with van der Waals surface area (Å²) in [5.74, 6) is -0.287. The summed E-state index contributed by atoms with van der Waals surface area (Å²) in [6, 6.07) is 11.3. The molecule has 1 N–H and O–H groups in total. The van der Waals surface area contributed by atoms with Crippen molar-refractivity contribution in [1.29, 1.82) is 0 Å². The molecule has 0 spiro atoms. The van der Waals surface area contributed by atoms with Gasteiger partial charge in [-0.25, -0.2) is 9.50 Å². The molecular formula is C22H24BrN7O. The topological polar surface area (TPSA) is 80.4 Å². The Hall–Kier alpha value is -3.20. The maximum atomic E-state index is 12.8. The first-order valence-corrected chi connectivity index (χ1v) is 11.1. The van der Waals surface area contributed by atoms with E-state index >= 15 is 0 Å². The van der Waals surface area contributed by atoms with Gasteiger partial charge in [0, 0.05) is 49.5 Å². The second-order valence-corrected chi connectivity index (χ2v) is 7.84. The molecule has 0 fully saturated rings. The number of aryl methyl sites for hydroxylation is 1. The normalized spacial score (nSPS) is 11.1. The van der Waals surface area contributed by atoms with Crippen LogP contribution in [0.25, 0.3) is 17.0 Å². The molecule has 160 valence electrons. The number of amides is 1. The number of carbonyl (C=O) groups excluding carboxylic acids is 1. The summed E-state index contributed by atoms with van der Waals surface area (Å²) in [6.07, 6.45) is 3.61. The number of halogens is 1. The van der Waals surface area contributed by atoms with E-state index in [0.717, 1.165) is 46.9 Å². The minimum Gasteiger partial charge on any atom is -0.372 e. The minimum absolute atomic E-state index is 0.287. The molecule has 0 saturated heterocycles. The third kappa shape index (κ3) is 4.18. The van der Waals surface area contributed by atoms with Gasteiger partial charge in [-0.05, 0) is 67.0 Å². The Labute approximate surface area is 189 Å². The third-order valence-corrected chi connectivity index (χ3v) is 5.71. The van der Waals surface area contributed by atoms with Crippen LogP contribution in [-0.4, -0.2) is 43.4 Å². The summed E-state index contributed by atoms with van der Waals surface area (Å²) in [7, 11) is 0. The SMILES string of the molecule is CCN(CC)c1ccc(NC(=O)c2cc3nccc(-c4nn(CC)cc4Br)n3n2)cc1. The smallest absolute Gasteiger partial charge is 0.276 e. The van der Waals surface area contributed by atoms with Crippen LogP contribution < -0.4 is 10.2 Å². The summed E-state index contributed by atoms with van der Waals surface area (Å²) in [6.45, 7) is 8.89. The standard InChI is InChI=1S/C22H24BrN7O/c1-4-28(5-2)16-9-7-15(8-10-16)25-22(31)18-13-20-24-12-11-19(30(20)26-18)21-17(23)14-29(6-3)27-21/h7-14H,4-6H2,1-3H3,(H,25,31). The summed E-state index contributed by atoms with van der Waals surface area (Å²) >= 11 is 3.56. The van der Waals surface area contributed by atoms with Crippen molar-refractivity contribution >= 4 is 38.9 Å². The van der Waals surface area contributed by atoms with Gasteiger partial charge in [0.25, 0.3) is 5.91 Å². The van der Waals surface area contributed by atoms with Crippen molar-refractivity contribution < 1.29 is 4.79 Å². The molecule has 31 heavy (non-hydrogen) atoms. The highest BCUT2D eigenvalue weighted by Crippen LogP contribution is 2.27. The Morgan fingerprint density at radius 1 is 1.10 bits per heavy atom. The van der Waals surface area contributed by atoms with Crippen LogP contribution in [0.1, 0.15) is 31.3 Å². The highest BCUT2D eigenvalue weighted by atomic mass is 79.9. The Balaban J connectivity index is 1.60. The molecule has 0 aliphatic carbocycles. The van der Waals surface area contributed by atoms with Crippen LogP contribution in [0.4, 0.5) is 11.4 Å². The van der Waals surface area contributed by atoms with E-state index in [1.54, 1.807) is 16.8 Å². The Morgan fingerprint density at radius 3 is 2.48 bits per heavy atom. The molecule has 1 aromatic carbocycles. The number of rotatable bonds is 7. The molecule has 0 saturated carbocycles. The Morgan fingerprint density at radius 2 is 1.84 bits per heavy atom.